The number of likely N-dealkylation sites (N-methyl/N-ethyl adjacent to an activating group) is 1. The summed E-state index contributed by atoms with van der Waals surface area (Å²) in [6, 6.07) is 6.12. The van der Waals surface area contributed by atoms with Crippen molar-refractivity contribution in [3.8, 4) is 0 Å². The SMILES string of the molecule is CN1C/C(=C/c2ccc3ncncc3c2)NC1=S. The Hall–Kier alpha value is -2.01. The molecule has 0 bridgehead atoms. The highest BCUT2D eigenvalue weighted by Crippen LogP contribution is 2.16. The van der Waals surface area contributed by atoms with Gasteiger partial charge in [-0.2, -0.15) is 0 Å². The van der Waals surface area contributed by atoms with E-state index >= 15 is 0 Å². The summed E-state index contributed by atoms with van der Waals surface area (Å²) in [4.78, 5) is 10.2. The lowest BCUT2D eigenvalue weighted by Gasteiger charge is -2.04. The predicted octanol–water partition coefficient (Wildman–Crippen LogP) is 1.79. The van der Waals surface area contributed by atoms with E-state index in [0.717, 1.165) is 33.8 Å². The van der Waals surface area contributed by atoms with Crippen LogP contribution in [0.3, 0.4) is 0 Å². The summed E-state index contributed by atoms with van der Waals surface area (Å²) in [6.45, 7) is 0.822. The first-order chi connectivity index (χ1) is 8.72. The number of thiocarbonyl (C=S) groups is 1. The van der Waals surface area contributed by atoms with Crippen LogP contribution in [0.4, 0.5) is 0 Å². The Bertz CT molecular complexity index is 650. The molecule has 1 aromatic heterocycles. The van der Waals surface area contributed by atoms with E-state index in [2.05, 4.69) is 27.4 Å². The minimum Gasteiger partial charge on any atom is -0.346 e. The van der Waals surface area contributed by atoms with Crippen LogP contribution in [-0.2, 0) is 0 Å². The van der Waals surface area contributed by atoms with Gasteiger partial charge in [-0.05, 0) is 36.0 Å². The summed E-state index contributed by atoms with van der Waals surface area (Å²) in [5.74, 6) is 0. The average Bonchev–Trinajstić information content (AvgIpc) is 2.68. The lowest BCUT2D eigenvalue weighted by molar-refractivity contribution is 0.591. The Balaban J connectivity index is 1.96. The van der Waals surface area contributed by atoms with Gasteiger partial charge in [-0.1, -0.05) is 6.07 Å². The van der Waals surface area contributed by atoms with Gasteiger partial charge in [-0.15, -0.1) is 0 Å². The Morgan fingerprint density at radius 1 is 1.44 bits per heavy atom. The van der Waals surface area contributed by atoms with Crippen LogP contribution in [0.15, 0.2) is 36.4 Å². The van der Waals surface area contributed by atoms with Gasteiger partial charge in [-0.25, -0.2) is 9.97 Å². The fourth-order valence-corrected chi connectivity index (χ4v) is 2.17. The molecule has 3 rings (SSSR count). The fourth-order valence-electron chi connectivity index (χ4n) is 1.98. The van der Waals surface area contributed by atoms with Crippen LogP contribution in [-0.4, -0.2) is 33.6 Å². The molecule has 0 saturated carbocycles. The zero-order chi connectivity index (χ0) is 12.5. The second-order valence-electron chi connectivity index (χ2n) is 4.30. The molecule has 1 saturated heterocycles. The molecular weight excluding hydrogens is 244 g/mol. The maximum absolute atomic E-state index is 5.17. The molecule has 2 aromatic rings. The fraction of sp³-hybridized carbons (Fsp3) is 0.154. The topological polar surface area (TPSA) is 41.1 Å². The third-order valence-electron chi connectivity index (χ3n) is 2.89. The van der Waals surface area contributed by atoms with Crippen molar-refractivity contribution in [1.29, 1.82) is 0 Å². The van der Waals surface area contributed by atoms with Crippen molar-refractivity contribution in [2.75, 3.05) is 13.6 Å². The van der Waals surface area contributed by atoms with Gasteiger partial charge in [-0.3, -0.25) is 0 Å². The van der Waals surface area contributed by atoms with E-state index < -0.39 is 0 Å². The van der Waals surface area contributed by atoms with E-state index in [9.17, 15) is 0 Å². The quantitative estimate of drug-likeness (QED) is 0.788. The van der Waals surface area contributed by atoms with Crippen molar-refractivity contribution in [3.63, 3.8) is 0 Å². The van der Waals surface area contributed by atoms with Crippen molar-refractivity contribution < 1.29 is 0 Å². The van der Waals surface area contributed by atoms with Crippen LogP contribution >= 0.6 is 12.2 Å². The van der Waals surface area contributed by atoms with Gasteiger partial charge in [0.15, 0.2) is 5.11 Å². The molecule has 90 valence electrons. The first-order valence-electron chi connectivity index (χ1n) is 5.65. The average molecular weight is 256 g/mol. The molecule has 0 radical (unpaired) electrons. The summed E-state index contributed by atoms with van der Waals surface area (Å²) in [5.41, 5.74) is 3.19. The molecule has 0 unspecified atom stereocenters. The molecule has 1 fully saturated rings. The Labute approximate surface area is 110 Å². The maximum atomic E-state index is 5.17. The lowest BCUT2D eigenvalue weighted by Crippen LogP contribution is -2.22. The molecule has 2 heterocycles. The molecular formula is C13H12N4S. The summed E-state index contributed by atoms with van der Waals surface area (Å²) >= 11 is 5.17. The van der Waals surface area contributed by atoms with E-state index in [1.54, 1.807) is 6.33 Å². The highest BCUT2D eigenvalue weighted by atomic mass is 32.1. The van der Waals surface area contributed by atoms with Gasteiger partial charge in [0.05, 0.1) is 12.1 Å². The van der Waals surface area contributed by atoms with Crippen molar-refractivity contribution in [2.45, 2.75) is 0 Å². The van der Waals surface area contributed by atoms with Crippen molar-refractivity contribution in [2.24, 2.45) is 0 Å². The highest BCUT2D eigenvalue weighted by molar-refractivity contribution is 7.80. The Morgan fingerprint density at radius 3 is 3.11 bits per heavy atom. The third-order valence-corrected chi connectivity index (χ3v) is 3.31. The molecule has 0 amide bonds. The van der Waals surface area contributed by atoms with Crippen LogP contribution < -0.4 is 5.32 Å². The molecule has 1 aliphatic rings. The number of hydrogen-bond donors (Lipinski definition) is 1. The van der Waals surface area contributed by atoms with Crippen LogP contribution in [0, 0.1) is 0 Å². The zero-order valence-electron chi connectivity index (χ0n) is 9.92. The largest absolute Gasteiger partial charge is 0.346 e. The molecule has 5 heteroatoms. The van der Waals surface area contributed by atoms with Crippen molar-refractivity contribution in [3.05, 3.63) is 42.0 Å². The van der Waals surface area contributed by atoms with E-state index in [-0.39, 0.29) is 0 Å². The van der Waals surface area contributed by atoms with Crippen LogP contribution in [0.1, 0.15) is 5.56 Å². The summed E-state index contributed by atoms with van der Waals surface area (Å²) < 4.78 is 0. The van der Waals surface area contributed by atoms with Gasteiger partial charge >= 0.3 is 0 Å². The number of benzene rings is 1. The maximum Gasteiger partial charge on any atom is 0.173 e. The molecule has 1 N–H and O–H groups in total. The van der Waals surface area contributed by atoms with Gasteiger partial charge in [0.1, 0.15) is 6.33 Å². The summed E-state index contributed by atoms with van der Waals surface area (Å²) in [7, 11) is 1.98. The molecule has 0 atom stereocenters. The smallest absolute Gasteiger partial charge is 0.173 e. The summed E-state index contributed by atoms with van der Waals surface area (Å²) in [5, 5.41) is 5.00. The molecule has 0 aliphatic carbocycles. The van der Waals surface area contributed by atoms with Gasteiger partial charge in [0.2, 0.25) is 0 Å². The monoisotopic (exact) mass is 256 g/mol. The van der Waals surface area contributed by atoms with E-state index in [0.29, 0.717) is 0 Å². The number of hydrogen-bond acceptors (Lipinski definition) is 3. The molecule has 4 nitrogen and oxygen atoms in total. The molecule has 18 heavy (non-hydrogen) atoms. The number of rotatable bonds is 1. The standard InChI is InChI=1S/C13H12N4S/c1-17-7-11(16-13(17)18)5-9-2-3-12-10(4-9)6-14-8-15-12/h2-6,8H,7H2,1H3,(H,16,18)/b11-5-. The minimum absolute atomic E-state index is 0.769. The highest BCUT2D eigenvalue weighted by Gasteiger charge is 2.15. The number of fused-ring (bicyclic) bond motifs is 1. The van der Waals surface area contributed by atoms with Crippen LogP contribution in [0.5, 0.6) is 0 Å². The normalized spacial score (nSPS) is 17.5. The minimum atomic E-state index is 0.769. The van der Waals surface area contributed by atoms with E-state index in [1.165, 1.54) is 0 Å². The van der Waals surface area contributed by atoms with Gasteiger partial charge in [0, 0.05) is 24.3 Å². The second kappa shape index (κ2) is 4.34. The van der Waals surface area contributed by atoms with Gasteiger partial charge < -0.3 is 10.2 Å². The molecule has 1 aliphatic heterocycles. The first-order valence-corrected chi connectivity index (χ1v) is 6.06. The van der Waals surface area contributed by atoms with Gasteiger partial charge in [0.25, 0.3) is 0 Å². The van der Waals surface area contributed by atoms with Crippen molar-refractivity contribution >= 4 is 34.3 Å². The predicted molar refractivity (Wildman–Crippen MR) is 75.9 cm³/mol. The number of aromatic nitrogens is 2. The lowest BCUT2D eigenvalue weighted by atomic mass is 10.1. The van der Waals surface area contributed by atoms with Crippen LogP contribution in [0.2, 0.25) is 0 Å². The number of nitrogens with one attached hydrogen (secondary N) is 1. The first kappa shape index (κ1) is 11.1. The third kappa shape index (κ3) is 2.04. The van der Waals surface area contributed by atoms with E-state index in [4.69, 9.17) is 12.2 Å². The van der Waals surface area contributed by atoms with E-state index in [1.807, 2.05) is 30.3 Å². The van der Waals surface area contributed by atoms with Crippen LogP contribution in [0.25, 0.3) is 17.0 Å². The Kier molecular flexibility index (Phi) is 2.68. The second-order valence-corrected chi connectivity index (χ2v) is 4.68. The summed E-state index contributed by atoms with van der Waals surface area (Å²) in [6.07, 6.45) is 5.48. The molecule has 1 aromatic carbocycles. The Morgan fingerprint density at radius 2 is 2.33 bits per heavy atom. The van der Waals surface area contributed by atoms with Crippen molar-refractivity contribution in [1.82, 2.24) is 20.2 Å². The zero-order valence-corrected chi connectivity index (χ0v) is 10.7. The number of nitrogens with zero attached hydrogens (tertiary/aromatic N) is 3. The molecule has 0 spiro atoms.